The zero-order valence-electron chi connectivity index (χ0n) is 9.45. The lowest BCUT2D eigenvalue weighted by Gasteiger charge is -2.21. The molecule has 0 aliphatic heterocycles. The Labute approximate surface area is 86.4 Å². The highest BCUT2D eigenvalue weighted by molar-refractivity contribution is 5.76. The Kier molecular flexibility index (Phi) is 7.42. The molecule has 2 N–H and O–H groups in total. The van der Waals surface area contributed by atoms with E-state index in [1.165, 1.54) is 0 Å². The standard InChI is InChI=1S/C10H22N2O2/c1-4-12(6-7-14-5-2)10(13)8-9(3)11/h9H,4-8,11H2,1-3H3. The molecule has 0 aromatic carbocycles. The van der Waals surface area contributed by atoms with Crippen molar-refractivity contribution in [2.24, 2.45) is 5.73 Å². The predicted molar refractivity (Wildman–Crippen MR) is 57.0 cm³/mol. The number of nitrogens with zero attached hydrogens (tertiary/aromatic N) is 1. The molecule has 84 valence electrons. The number of likely N-dealkylation sites (N-methyl/N-ethyl adjacent to an activating group) is 1. The minimum Gasteiger partial charge on any atom is -0.380 e. The van der Waals surface area contributed by atoms with Crippen molar-refractivity contribution >= 4 is 5.91 Å². The summed E-state index contributed by atoms with van der Waals surface area (Å²) in [5, 5.41) is 0. The Balaban J connectivity index is 3.81. The van der Waals surface area contributed by atoms with Crippen molar-refractivity contribution in [3.63, 3.8) is 0 Å². The first-order chi connectivity index (χ1) is 6.61. The van der Waals surface area contributed by atoms with Crippen LogP contribution in [-0.2, 0) is 9.53 Å². The largest absolute Gasteiger partial charge is 0.380 e. The number of amides is 1. The van der Waals surface area contributed by atoms with Crippen LogP contribution in [0.5, 0.6) is 0 Å². The van der Waals surface area contributed by atoms with Crippen LogP contribution in [0.15, 0.2) is 0 Å². The molecule has 0 aliphatic carbocycles. The molecular weight excluding hydrogens is 180 g/mol. The second-order valence-corrected chi connectivity index (χ2v) is 3.35. The maximum absolute atomic E-state index is 11.6. The van der Waals surface area contributed by atoms with Gasteiger partial charge in [-0.25, -0.2) is 0 Å². The van der Waals surface area contributed by atoms with Crippen LogP contribution in [0.25, 0.3) is 0 Å². The fourth-order valence-corrected chi connectivity index (χ4v) is 1.18. The molecule has 0 fully saturated rings. The van der Waals surface area contributed by atoms with Gasteiger partial charge in [0, 0.05) is 32.2 Å². The van der Waals surface area contributed by atoms with Gasteiger partial charge in [0.15, 0.2) is 0 Å². The number of ether oxygens (including phenoxy) is 1. The van der Waals surface area contributed by atoms with E-state index in [4.69, 9.17) is 10.5 Å². The normalized spacial score (nSPS) is 12.6. The van der Waals surface area contributed by atoms with Gasteiger partial charge >= 0.3 is 0 Å². The van der Waals surface area contributed by atoms with Gasteiger partial charge in [-0.2, -0.15) is 0 Å². The lowest BCUT2D eigenvalue weighted by Crippen LogP contribution is -2.36. The van der Waals surface area contributed by atoms with Gasteiger partial charge in [-0.3, -0.25) is 4.79 Å². The van der Waals surface area contributed by atoms with E-state index in [9.17, 15) is 4.79 Å². The molecule has 0 heterocycles. The molecule has 0 aliphatic rings. The molecule has 0 saturated heterocycles. The van der Waals surface area contributed by atoms with E-state index in [2.05, 4.69) is 0 Å². The Morgan fingerprint density at radius 3 is 2.57 bits per heavy atom. The zero-order chi connectivity index (χ0) is 11.0. The summed E-state index contributed by atoms with van der Waals surface area (Å²) >= 11 is 0. The number of nitrogens with two attached hydrogens (primary N) is 1. The van der Waals surface area contributed by atoms with Gasteiger partial charge in [0.2, 0.25) is 5.91 Å². The van der Waals surface area contributed by atoms with E-state index in [1.54, 1.807) is 4.90 Å². The molecule has 14 heavy (non-hydrogen) atoms. The zero-order valence-corrected chi connectivity index (χ0v) is 9.45. The molecule has 0 radical (unpaired) electrons. The highest BCUT2D eigenvalue weighted by Crippen LogP contribution is 1.96. The van der Waals surface area contributed by atoms with Gasteiger partial charge in [0.25, 0.3) is 0 Å². The quantitative estimate of drug-likeness (QED) is 0.615. The fourth-order valence-electron chi connectivity index (χ4n) is 1.18. The third-order valence-electron chi connectivity index (χ3n) is 1.94. The highest BCUT2D eigenvalue weighted by atomic mass is 16.5. The van der Waals surface area contributed by atoms with E-state index < -0.39 is 0 Å². The molecule has 0 aromatic heterocycles. The summed E-state index contributed by atoms with van der Waals surface area (Å²) in [4.78, 5) is 13.3. The van der Waals surface area contributed by atoms with Crippen LogP contribution < -0.4 is 5.73 Å². The van der Waals surface area contributed by atoms with Crippen LogP contribution in [-0.4, -0.2) is 43.2 Å². The molecule has 0 saturated carbocycles. The summed E-state index contributed by atoms with van der Waals surface area (Å²) in [5.41, 5.74) is 5.56. The second kappa shape index (κ2) is 7.76. The van der Waals surface area contributed by atoms with Crippen LogP contribution in [0, 0.1) is 0 Å². The molecule has 0 bridgehead atoms. The Hall–Kier alpha value is -0.610. The van der Waals surface area contributed by atoms with Crippen molar-refractivity contribution in [3.8, 4) is 0 Å². The molecule has 4 heteroatoms. The maximum atomic E-state index is 11.6. The van der Waals surface area contributed by atoms with Gasteiger partial charge in [0.1, 0.15) is 0 Å². The average molecular weight is 202 g/mol. The van der Waals surface area contributed by atoms with E-state index in [0.29, 0.717) is 26.2 Å². The number of hydrogen-bond donors (Lipinski definition) is 1. The summed E-state index contributed by atoms with van der Waals surface area (Å²) in [6.07, 6.45) is 0.417. The van der Waals surface area contributed by atoms with Crippen LogP contribution >= 0.6 is 0 Å². The van der Waals surface area contributed by atoms with E-state index in [-0.39, 0.29) is 11.9 Å². The van der Waals surface area contributed by atoms with E-state index >= 15 is 0 Å². The molecule has 1 amide bonds. The summed E-state index contributed by atoms with van der Waals surface area (Å²) < 4.78 is 5.20. The third kappa shape index (κ3) is 5.94. The summed E-state index contributed by atoms with van der Waals surface area (Å²) in [6, 6.07) is -0.0661. The van der Waals surface area contributed by atoms with Gasteiger partial charge < -0.3 is 15.4 Å². The van der Waals surface area contributed by atoms with Crippen molar-refractivity contribution in [3.05, 3.63) is 0 Å². The van der Waals surface area contributed by atoms with Crippen molar-refractivity contribution in [1.82, 2.24) is 4.90 Å². The monoisotopic (exact) mass is 202 g/mol. The Morgan fingerprint density at radius 2 is 2.14 bits per heavy atom. The molecule has 0 aromatic rings. The first-order valence-electron chi connectivity index (χ1n) is 5.22. The maximum Gasteiger partial charge on any atom is 0.224 e. The van der Waals surface area contributed by atoms with Gasteiger partial charge in [0.05, 0.1) is 6.61 Å². The minimum absolute atomic E-state index is 0.0661. The van der Waals surface area contributed by atoms with Crippen LogP contribution in [0.1, 0.15) is 27.2 Å². The predicted octanol–water partition coefficient (Wildman–Crippen LogP) is 0.609. The minimum atomic E-state index is -0.0661. The number of carbonyl (C=O) groups excluding carboxylic acids is 1. The number of hydrogen-bond acceptors (Lipinski definition) is 3. The van der Waals surface area contributed by atoms with Gasteiger partial charge in [-0.1, -0.05) is 0 Å². The van der Waals surface area contributed by atoms with E-state index in [1.807, 2.05) is 20.8 Å². The topological polar surface area (TPSA) is 55.6 Å². The molecule has 0 rings (SSSR count). The smallest absolute Gasteiger partial charge is 0.224 e. The highest BCUT2D eigenvalue weighted by Gasteiger charge is 2.12. The Bertz CT molecular complexity index is 160. The molecule has 4 nitrogen and oxygen atoms in total. The second-order valence-electron chi connectivity index (χ2n) is 3.35. The van der Waals surface area contributed by atoms with Gasteiger partial charge in [-0.15, -0.1) is 0 Å². The van der Waals surface area contributed by atoms with Gasteiger partial charge in [-0.05, 0) is 20.8 Å². The summed E-state index contributed by atoms with van der Waals surface area (Å²) in [6.45, 7) is 8.43. The third-order valence-corrected chi connectivity index (χ3v) is 1.94. The van der Waals surface area contributed by atoms with Crippen LogP contribution in [0.3, 0.4) is 0 Å². The molecule has 1 atom stereocenters. The van der Waals surface area contributed by atoms with Crippen LogP contribution in [0.2, 0.25) is 0 Å². The fraction of sp³-hybridized carbons (Fsp3) is 0.900. The Morgan fingerprint density at radius 1 is 1.50 bits per heavy atom. The lowest BCUT2D eigenvalue weighted by molar-refractivity contribution is -0.132. The lowest BCUT2D eigenvalue weighted by atomic mass is 10.2. The molecular formula is C10H22N2O2. The molecule has 0 spiro atoms. The van der Waals surface area contributed by atoms with Crippen molar-refractivity contribution in [2.75, 3.05) is 26.3 Å². The van der Waals surface area contributed by atoms with Crippen molar-refractivity contribution in [2.45, 2.75) is 33.2 Å². The number of rotatable bonds is 7. The SMILES string of the molecule is CCOCCN(CC)C(=O)CC(C)N. The molecule has 1 unspecified atom stereocenters. The van der Waals surface area contributed by atoms with Crippen molar-refractivity contribution in [1.29, 1.82) is 0 Å². The van der Waals surface area contributed by atoms with E-state index in [0.717, 1.165) is 6.54 Å². The summed E-state index contributed by atoms with van der Waals surface area (Å²) in [5.74, 6) is 0.113. The first-order valence-corrected chi connectivity index (χ1v) is 5.22. The number of carbonyl (C=O) groups is 1. The van der Waals surface area contributed by atoms with Crippen molar-refractivity contribution < 1.29 is 9.53 Å². The van der Waals surface area contributed by atoms with Crippen LogP contribution in [0.4, 0.5) is 0 Å². The average Bonchev–Trinajstić information content (AvgIpc) is 2.11. The first kappa shape index (κ1) is 13.4. The summed E-state index contributed by atoms with van der Waals surface area (Å²) in [7, 11) is 0.